The molecule has 5 nitrogen and oxygen atoms in total. The molecule has 0 radical (unpaired) electrons. The summed E-state index contributed by atoms with van der Waals surface area (Å²) in [5.74, 6) is 0.0473. The van der Waals surface area contributed by atoms with Crippen molar-refractivity contribution < 1.29 is 4.79 Å². The molecule has 1 aliphatic heterocycles. The monoisotopic (exact) mass is 318 g/mol. The number of hydrogen-bond acceptors (Lipinski definition) is 3. The van der Waals surface area contributed by atoms with E-state index in [9.17, 15) is 4.79 Å². The number of amides is 1. The summed E-state index contributed by atoms with van der Waals surface area (Å²) in [6.45, 7) is 6.24. The van der Waals surface area contributed by atoms with E-state index in [1.54, 1.807) is 10.9 Å². The number of carbonyl (C=O) groups excluding carboxylic acids is 1. The number of piperazine rings is 1. The molecular weight excluding hydrogens is 300 g/mol. The zero-order valence-electron chi connectivity index (χ0n) is 12.7. The van der Waals surface area contributed by atoms with Crippen molar-refractivity contribution in [1.29, 1.82) is 0 Å². The minimum atomic E-state index is 0.0473. The summed E-state index contributed by atoms with van der Waals surface area (Å²) in [6, 6.07) is 7.72. The van der Waals surface area contributed by atoms with Crippen LogP contribution in [0.3, 0.4) is 0 Å². The highest BCUT2D eigenvalue weighted by Crippen LogP contribution is 2.17. The zero-order chi connectivity index (χ0) is 15.7. The fourth-order valence-corrected chi connectivity index (χ4v) is 2.81. The Morgan fingerprint density at radius 1 is 1.36 bits per heavy atom. The summed E-state index contributed by atoms with van der Waals surface area (Å²) in [4.78, 5) is 14.6. The number of carbonyl (C=O) groups is 1. The van der Waals surface area contributed by atoms with Crippen LogP contribution in [0.25, 0.3) is 5.69 Å². The van der Waals surface area contributed by atoms with Crippen LogP contribution >= 0.6 is 11.6 Å². The van der Waals surface area contributed by atoms with Crippen molar-refractivity contribution in [3.63, 3.8) is 0 Å². The third-order valence-electron chi connectivity index (χ3n) is 3.88. The molecule has 22 heavy (non-hydrogen) atoms. The Morgan fingerprint density at radius 2 is 2.09 bits per heavy atom. The highest BCUT2D eigenvalue weighted by molar-refractivity contribution is 6.30. The van der Waals surface area contributed by atoms with Crippen LogP contribution in [0, 0.1) is 6.92 Å². The second-order valence-corrected chi connectivity index (χ2v) is 6.09. The Hall–Kier alpha value is -1.85. The van der Waals surface area contributed by atoms with Crippen molar-refractivity contribution in [2.24, 2.45) is 0 Å². The maximum Gasteiger partial charge on any atom is 0.257 e. The Balaban J connectivity index is 1.85. The number of aryl methyl sites for hydroxylation is 1. The summed E-state index contributed by atoms with van der Waals surface area (Å²) in [5.41, 5.74) is 2.29. The van der Waals surface area contributed by atoms with Crippen LogP contribution in [0.2, 0.25) is 5.02 Å². The van der Waals surface area contributed by atoms with Crippen molar-refractivity contribution in [3.8, 4) is 5.69 Å². The second-order valence-electron chi connectivity index (χ2n) is 5.66. The van der Waals surface area contributed by atoms with Gasteiger partial charge in [0.05, 0.1) is 16.9 Å². The van der Waals surface area contributed by atoms with Gasteiger partial charge in [-0.3, -0.25) is 4.79 Å². The van der Waals surface area contributed by atoms with Crippen LogP contribution in [0.4, 0.5) is 0 Å². The van der Waals surface area contributed by atoms with Crippen LogP contribution < -0.4 is 5.32 Å². The van der Waals surface area contributed by atoms with Gasteiger partial charge in [0.25, 0.3) is 5.91 Å². The van der Waals surface area contributed by atoms with Crippen LogP contribution in [-0.2, 0) is 0 Å². The zero-order valence-corrected chi connectivity index (χ0v) is 13.5. The average Bonchev–Trinajstić information content (AvgIpc) is 2.89. The van der Waals surface area contributed by atoms with E-state index in [0.717, 1.165) is 31.0 Å². The molecule has 1 aliphatic rings. The van der Waals surface area contributed by atoms with Gasteiger partial charge in [-0.05, 0) is 38.1 Å². The molecular formula is C16H19ClN4O. The number of aromatic nitrogens is 2. The molecule has 1 fully saturated rings. The molecule has 1 N–H and O–H groups in total. The smallest absolute Gasteiger partial charge is 0.257 e. The van der Waals surface area contributed by atoms with Gasteiger partial charge in [0.15, 0.2) is 0 Å². The molecule has 0 saturated carbocycles. The summed E-state index contributed by atoms with van der Waals surface area (Å²) in [7, 11) is 0. The molecule has 1 amide bonds. The van der Waals surface area contributed by atoms with Gasteiger partial charge in [0, 0.05) is 36.9 Å². The molecule has 1 aromatic heterocycles. The normalized spacial score (nSPS) is 18.5. The quantitative estimate of drug-likeness (QED) is 0.924. The molecule has 0 spiro atoms. The predicted molar refractivity (Wildman–Crippen MR) is 86.7 cm³/mol. The lowest BCUT2D eigenvalue weighted by Crippen LogP contribution is -2.51. The van der Waals surface area contributed by atoms with E-state index in [1.807, 2.05) is 36.1 Å². The fraction of sp³-hybridized carbons (Fsp3) is 0.375. The van der Waals surface area contributed by atoms with Gasteiger partial charge < -0.3 is 10.2 Å². The van der Waals surface area contributed by atoms with Crippen LogP contribution in [0.1, 0.15) is 23.0 Å². The minimum Gasteiger partial charge on any atom is -0.336 e. The standard InChI is InChI=1S/C16H19ClN4O/c1-11-9-20(8-7-18-11)16(22)15-10-21(19-12(15)2)14-5-3-13(17)4-6-14/h3-6,10-11,18H,7-9H2,1-2H3/t11-/m0/s1. The van der Waals surface area contributed by atoms with E-state index in [0.29, 0.717) is 16.6 Å². The first-order chi connectivity index (χ1) is 10.5. The molecule has 0 aliphatic carbocycles. The van der Waals surface area contributed by atoms with Gasteiger partial charge in [-0.1, -0.05) is 11.6 Å². The summed E-state index contributed by atoms with van der Waals surface area (Å²) < 4.78 is 1.73. The third-order valence-corrected chi connectivity index (χ3v) is 4.13. The van der Waals surface area contributed by atoms with Crippen molar-refractivity contribution in [3.05, 3.63) is 46.7 Å². The van der Waals surface area contributed by atoms with Crippen LogP contribution in [0.5, 0.6) is 0 Å². The topological polar surface area (TPSA) is 50.2 Å². The van der Waals surface area contributed by atoms with E-state index >= 15 is 0 Å². The van der Waals surface area contributed by atoms with Gasteiger partial charge in [-0.2, -0.15) is 5.10 Å². The molecule has 1 aromatic carbocycles. The highest BCUT2D eigenvalue weighted by atomic mass is 35.5. The molecule has 1 saturated heterocycles. The van der Waals surface area contributed by atoms with E-state index < -0.39 is 0 Å². The van der Waals surface area contributed by atoms with Crippen molar-refractivity contribution in [2.45, 2.75) is 19.9 Å². The fourth-order valence-electron chi connectivity index (χ4n) is 2.68. The second kappa shape index (κ2) is 6.10. The average molecular weight is 319 g/mol. The van der Waals surface area contributed by atoms with Crippen molar-refractivity contribution in [2.75, 3.05) is 19.6 Å². The third kappa shape index (κ3) is 3.00. The van der Waals surface area contributed by atoms with Gasteiger partial charge in [0.2, 0.25) is 0 Å². The SMILES string of the molecule is Cc1nn(-c2ccc(Cl)cc2)cc1C(=O)N1CCN[C@@H](C)C1. The van der Waals surface area contributed by atoms with E-state index in [4.69, 9.17) is 11.6 Å². The van der Waals surface area contributed by atoms with E-state index in [-0.39, 0.29) is 5.91 Å². The van der Waals surface area contributed by atoms with E-state index in [2.05, 4.69) is 17.3 Å². The number of benzene rings is 1. The Bertz CT molecular complexity index is 680. The van der Waals surface area contributed by atoms with Gasteiger partial charge in [-0.25, -0.2) is 4.68 Å². The van der Waals surface area contributed by atoms with Gasteiger partial charge in [-0.15, -0.1) is 0 Å². The van der Waals surface area contributed by atoms with Crippen molar-refractivity contribution >= 4 is 17.5 Å². The number of nitrogens with one attached hydrogen (secondary N) is 1. The summed E-state index contributed by atoms with van der Waals surface area (Å²) in [6.07, 6.45) is 1.80. The number of nitrogens with zero attached hydrogens (tertiary/aromatic N) is 3. The lowest BCUT2D eigenvalue weighted by atomic mass is 10.2. The molecule has 0 bridgehead atoms. The summed E-state index contributed by atoms with van der Waals surface area (Å²) >= 11 is 5.90. The number of rotatable bonds is 2. The van der Waals surface area contributed by atoms with E-state index in [1.165, 1.54) is 0 Å². The molecule has 1 atom stereocenters. The Labute approximate surface area is 134 Å². The maximum atomic E-state index is 12.7. The molecule has 2 aromatic rings. The summed E-state index contributed by atoms with van der Waals surface area (Å²) in [5, 5.41) is 8.48. The number of halogens is 1. The first-order valence-electron chi connectivity index (χ1n) is 7.39. The minimum absolute atomic E-state index is 0.0473. The highest BCUT2D eigenvalue weighted by Gasteiger charge is 2.24. The van der Waals surface area contributed by atoms with Crippen molar-refractivity contribution in [1.82, 2.24) is 20.0 Å². The maximum absolute atomic E-state index is 12.7. The predicted octanol–water partition coefficient (Wildman–Crippen LogP) is 2.27. The lowest BCUT2D eigenvalue weighted by molar-refractivity contribution is 0.0708. The largest absolute Gasteiger partial charge is 0.336 e. The molecule has 3 rings (SSSR count). The Morgan fingerprint density at radius 3 is 2.77 bits per heavy atom. The first-order valence-corrected chi connectivity index (χ1v) is 7.77. The van der Waals surface area contributed by atoms with Crippen LogP contribution in [-0.4, -0.2) is 46.3 Å². The number of hydrogen-bond donors (Lipinski definition) is 1. The Kier molecular flexibility index (Phi) is 4.18. The lowest BCUT2D eigenvalue weighted by Gasteiger charge is -2.31. The molecule has 6 heteroatoms. The van der Waals surface area contributed by atoms with Gasteiger partial charge >= 0.3 is 0 Å². The van der Waals surface area contributed by atoms with Crippen LogP contribution in [0.15, 0.2) is 30.5 Å². The molecule has 0 unspecified atom stereocenters. The molecule has 2 heterocycles. The molecule has 116 valence electrons. The van der Waals surface area contributed by atoms with Gasteiger partial charge in [0.1, 0.15) is 0 Å². The first kappa shape index (κ1) is 15.1.